The van der Waals surface area contributed by atoms with Crippen LogP contribution in [0.2, 0.25) is 61.4 Å². The number of aromatic nitrogens is 10. The molecular formula is C58H80BrCl3F2N14O6Si2. The predicted molar refractivity (Wildman–Crippen MR) is 348 cm³/mol. The normalized spacial score (nSPS) is 14.4. The topological polar surface area (TPSA) is 210 Å². The van der Waals surface area contributed by atoms with Gasteiger partial charge in [0.25, 0.3) is 11.8 Å². The molecule has 8 aromatic rings. The number of carbonyl (C=O) groups is 2. The van der Waals surface area contributed by atoms with Crippen LogP contribution in [0.4, 0.5) is 8.78 Å². The molecule has 2 aromatic carbocycles. The zero-order valence-electron chi connectivity index (χ0n) is 50.7. The number of aromatic amines is 1. The first-order valence-corrected chi connectivity index (χ1v) is 38.1. The Morgan fingerprint density at radius 2 is 1.15 bits per heavy atom. The van der Waals surface area contributed by atoms with Crippen LogP contribution in [0.3, 0.4) is 0 Å². The summed E-state index contributed by atoms with van der Waals surface area (Å²) in [6.45, 7) is 32.6. The molecule has 2 fully saturated rings. The second-order valence-corrected chi connectivity index (χ2v) is 37.1. The molecule has 0 radical (unpaired) electrons. The summed E-state index contributed by atoms with van der Waals surface area (Å²) >= 11 is 15.6. The van der Waals surface area contributed by atoms with Crippen LogP contribution in [0.15, 0.2) is 49.1 Å². The van der Waals surface area contributed by atoms with Gasteiger partial charge < -0.3 is 38.7 Å². The van der Waals surface area contributed by atoms with E-state index in [1.54, 1.807) is 44.5 Å². The highest BCUT2D eigenvalue weighted by Gasteiger charge is 2.26. The predicted octanol–water partition coefficient (Wildman–Crippen LogP) is 11.4. The molecule has 2 amide bonds. The van der Waals surface area contributed by atoms with Crippen molar-refractivity contribution in [1.82, 2.24) is 69.5 Å². The third-order valence-electron chi connectivity index (χ3n) is 14.0. The van der Waals surface area contributed by atoms with Gasteiger partial charge in [-0.1, -0.05) is 78.4 Å². The van der Waals surface area contributed by atoms with Gasteiger partial charge in [-0.3, -0.25) is 29.2 Å². The number of hydrogen-bond donors (Lipinski definition) is 3. The molecule has 28 heteroatoms. The molecule has 2 aliphatic heterocycles. The van der Waals surface area contributed by atoms with Crippen LogP contribution in [-0.4, -0.2) is 183 Å². The number of nitrogens with one attached hydrogen (secondary N) is 3. The Balaban J connectivity index is 0.000000215. The third-order valence-corrected chi connectivity index (χ3v) is 18.2. The first-order chi connectivity index (χ1) is 40.5. The zero-order chi connectivity index (χ0) is 61.2. The minimum absolute atomic E-state index is 0. The summed E-state index contributed by atoms with van der Waals surface area (Å²) in [6, 6.07) is 7.77. The van der Waals surface area contributed by atoms with Gasteiger partial charge in [0.1, 0.15) is 58.9 Å². The second-order valence-electron chi connectivity index (χ2n) is 24.2. The molecule has 3 N–H and O–H groups in total. The lowest BCUT2D eigenvalue weighted by molar-refractivity contribution is 0.0361. The van der Waals surface area contributed by atoms with E-state index >= 15 is 4.39 Å². The van der Waals surface area contributed by atoms with E-state index in [0.29, 0.717) is 111 Å². The van der Waals surface area contributed by atoms with Gasteiger partial charge in [-0.15, -0.1) is 12.4 Å². The first kappa shape index (κ1) is 68.5. The van der Waals surface area contributed by atoms with Crippen molar-refractivity contribution < 1.29 is 37.3 Å². The minimum atomic E-state index is -1.25. The lowest BCUT2D eigenvalue weighted by Crippen LogP contribution is -2.38. The average Bonchev–Trinajstić information content (AvgIpc) is 1.68. The fourth-order valence-electron chi connectivity index (χ4n) is 9.46. The standard InChI is InChI=1S/C29H39ClFN7O3Si.C23H28ClFN6O2Si.C6H12BrNO.ClH/c1-19(2)33-29(39)21-17-37(18-41-12-13-42(3,4)5)28-26(21)34-23(16-32-28)27-25-22(31)14-20(30)15-24(25)38(35-27)7-6-36-8-10-40-11-9-36;1-13(2)27-23(32)15-11-31(12-33-6-7-34(3,4)5)22-20(15)28-18(10-26-22)21-19-16(25)8-14(24)9-17(19)29-30-21;7-1-2-8-3-5-9-6-4-8;/h14-17,19H,6-13,18H2,1-5H3,(H,33,39);8-11,13H,6-7,12H2,1-5H3,(H,27,32)(H,29,30);1-6H2;1H. The minimum Gasteiger partial charge on any atom is -0.379 e. The van der Waals surface area contributed by atoms with E-state index in [0.717, 1.165) is 69.9 Å². The largest absolute Gasteiger partial charge is 0.379 e. The average molecular weight is 1350 g/mol. The molecule has 0 bridgehead atoms. The van der Waals surface area contributed by atoms with Gasteiger partial charge >= 0.3 is 0 Å². The molecule has 10 rings (SSSR count). The molecule has 8 heterocycles. The smallest absolute Gasteiger partial charge is 0.255 e. The Labute approximate surface area is 527 Å². The highest BCUT2D eigenvalue weighted by molar-refractivity contribution is 9.09. The number of fused-ring (bicyclic) bond motifs is 4. The van der Waals surface area contributed by atoms with Crippen molar-refractivity contribution in [2.45, 2.75) is 111 Å². The van der Waals surface area contributed by atoms with Crippen LogP contribution in [0.1, 0.15) is 48.4 Å². The van der Waals surface area contributed by atoms with Crippen LogP contribution in [-0.2, 0) is 39.0 Å². The molecule has 0 aliphatic carbocycles. The number of H-pyrrole nitrogens is 1. The van der Waals surface area contributed by atoms with E-state index in [1.165, 1.54) is 18.3 Å². The van der Waals surface area contributed by atoms with E-state index in [9.17, 15) is 14.0 Å². The van der Waals surface area contributed by atoms with Gasteiger partial charge in [-0.25, -0.2) is 28.7 Å². The summed E-state index contributed by atoms with van der Waals surface area (Å²) in [5.74, 6) is -1.53. The van der Waals surface area contributed by atoms with E-state index in [2.05, 4.69) is 101 Å². The van der Waals surface area contributed by atoms with Gasteiger partial charge in [0, 0.05) is 108 Å². The van der Waals surface area contributed by atoms with Crippen molar-refractivity contribution in [2.75, 3.05) is 84.2 Å². The Morgan fingerprint density at radius 1 is 0.686 bits per heavy atom. The molecular weight excluding hydrogens is 1270 g/mol. The van der Waals surface area contributed by atoms with E-state index in [-0.39, 0.29) is 60.2 Å². The number of hydrogen-bond acceptors (Lipinski definition) is 14. The van der Waals surface area contributed by atoms with Crippen molar-refractivity contribution in [3.8, 4) is 22.8 Å². The molecule has 468 valence electrons. The second kappa shape index (κ2) is 30.9. The molecule has 0 saturated carbocycles. The van der Waals surface area contributed by atoms with Gasteiger partial charge in [-0.2, -0.15) is 10.2 Å². The highest BCUT2D eigenvalue weighted by Crippen LogP contribution is 2.34. The zero-order valence-corrected chi connectivity index (χ0v) is 56.6. The van der Waals surface area contributed by atoms with Crippen LogP contribution < -0.4 is 10.6 Å². The van der Waals surface area contributed by atoms with Crippen LogP contribution in [0.5, 0.6) is 0 Å². The number of morpholine rings is 2. The summed E-state index contributed by atoms with van der Waals surface area (Å²) in [5.41, 5.74) is 4.97. The summed E-state index contributed by atoms with van der Waals surface area (Å²) < 4.78 is 57.9. The maximum Gasteiger partial charge on any atom is 0.255 e. The fourth-order valence-corrected chi connectivity index (χ4v) is 11.9. The van der Waals surface area contributed by atoms with E-state index in [4.69, 9.17) is 52.2 Å². The van der Waals surface area contributed by atoms with Crippen molar-refractivity contribution in [2.24, 2.45) is 0 Å². The molecule has 2 aliphatic rings. The number of nitrogens with zero attached hydrogens (tertiary/aromatic N) is 11. The highest BCUT2D eigenvalue weighted by atomic mass is 79.9. The van der Waals surface area contributed by atoms with Crippen LogP contribution in [0.25, 0.3) is 66.9 Å². The summed E-state index contributed by atoms with van der Waals surface area (Å²) in [6.07, 6.45) is 6.52. The maximum absolute atomic E-state index is 15.4. The molecule has 0 spiro atoms. The van der Waals surface area contributed by atoms with Gasteiger partial charge in [0.2, 0.25) is 0 Å². The van der Waals surface area contributed by atoms with Crippen molar-refractivity contribution in [3.05, 3.63) is 81.9 Å². The van der Waals surface area contributed by atoms with E-state index < -0.39 is 27.8 Å². The molecule has 0 atom stereocenters. The molecule has 0 unspecified atom stereocenters. The number of ether oxygens (including phenoxy) is 4. The number of amides is 2. The maximum atomic E-state index is 15.4. The Kier molecular flexibility index (Phi) is 24.6. The number of benzene rings is 2. The number of rotatable bonds is 21. The SMILES string of the molecule is BrCCN1CCOCC1.CC(C)NC(=O)c1cn(COCC[Si](C)(C)C)c2ncc(-c3n[nH]c4cc(Cl)cc(F)c34)nc12.CC(C)NC(=O)c1cn(COCC[Si](C)(C)C)c2ncc(-c3nn(CCN4CCOCC4)c4cc(Cl)cc(F)c34)nc12.Cl. The Hall–Kier alpha value is -5.04. The molecule has 20 nitrogen and oxygen atoms in total. The number of halogens is 6. The van der Waals surface area contributed by atoms with Gasteiger partial charge in [0.05, 0.1) is 78.3 Å². The summed E-state index contributed by atoms with van der Waals surface area (Å²) in [5, 5.41) is 19.9. The fraction of sp³-hybridized carbons (Fsp3) is 0.517. The third kappa shape index (κ3) is 18.3. The first-order valence-electron chi connectivity index (χ1n) is 28.8. The monoisotopic (exact) mass is 1350 g/mol. The van der Waals surface area contributed by atoms with Gasteiger partial charge in [0.15, 0.2) is 11.3 Å². The quantitative estimate of drug-likeness (QED) is 0.0347. The summed E-state index contributed by atoms with van der Waals surface area (Å²) in [4.78, 5) is 49.6. The summed E-state index contributed by atoms with van der Waals surface area (Å²) in [7, 11) is -2.48. The molecule has 86 heavy (non-hydrogen) atoms. The lowest BCUT2D eigenvalue weighted by atomic mass is 10.1. The van der Waals surface area contributed by atoms with Crippen molar-refractivity contribution >= 4 is 124 Å². The molecule has 2 saturated heterocycles. The Morgan fingerprint density at radius 3 is 1.63 bits per heavy atom. The van der Waals surface area contributed by atoms with Gasteiger partial charge in [-0.05, 0) is 64.0 Å². The van der Waals surface area contributed by atoms with E-state index in [1.807, 2.05) is 27.7 Å². The van der Waals surface area contributed by atoms with Crippen LogP contribution >= 0.6 is 51.5 Å². The number of carbonyl (C=O) groups excluding carboxylic acids is 2. The molecule has 6 aromatic heterocycles. The van der Waals surface area contributed by atoms with Crippen molar-refractivity contribution in [3.63, 3.8) is 0 Å². The lowest BCUT2D eigenvalue weighted by Gasteiger charge is -2.26. The Bertz CT molecular complexity index is 3580. The van der Waals surface area contributed by atoms with Crippen LogP contribution in [0, 0.1) is 11.6 Å². The number of alkyl halides is 1. The van der Waals surface area contributed by atoms with Crippen molar-refractivity contribution in [1.29, 1.82) is 0 Å².